The maximum absolute atomic E-state index is 9.76. The van der Waals surface area contributed by atoms with Gasteiger partial charge in [0.05, 0.1) is 5.38 Å². The number of thiazole rings is 1. The summed E-state index contributed by atoms with van der Waals surface area (Å²) in [5.41, 5.74) is 0. The van der Waals surface area contributed by atoms with Crippen LogP contribution in [0.5, 0.6) is 5.88 Å². The number of aromatic nitrogens is 1. The monoisotopic (exact) mass is 144 g/mol. The Morgan fingerprint density at radius 3 is 3.11 bits per heavy atom. The van der Waals surface area contributed by atoms with E-state index in [4.69, 9.17) is 5.11 Å². The van der Waals surface area contributed by atoms with E-state index in [2.05, 4.69) is 10.3 Å². The fourth-order valence-electron chi connectivity index (χ4n) is 0.382. The van der Waals surface area contributed by atoms with Gasteiger partial charge in [0.2, 0.25) is 12.3 Å². The molecule has 2 N–H and O–H groups in total. The number of carbonyl (C=O) groups excluding carboxylic acids is 1. The molecule has 4 nitrogen and oxygen atoms in total. The van der Waals surface area contributed by atoms with Gasteiger partial charge in [-0.05, 0) is 0 Å². The molecule has 0 saturated carbocycles. The first-order chi connectivity index (χ1) is 4.33. The topological polar surface area (TPSA) is 62.2 Å². The summed E-state index contributed by atoms with van der Waals surface area (Å²) >= 11 is 1.17. The number of hydrogen-bond acceptors (Lipinski definition) is 4. The second-order valence-corrected chi connectivity index (χ2v) is 2.13. The third-order valence-corrected chi connectivity index (χ3v) is 1.44. The normalized spacial score (nSPS) is 8.89. The highest BCUT2D eigenvalue weighted by Gasteiger charge is 1.95. The number of carbonyl (C=O) groups is 1. The standard InChI is InChI=1S/C4H4N2O2S/c7-2-5-4-6-3(8)1-9-4/h1-2,8H,(H,5,6,7). The Balaban J connectivity index is 2.72. The Hall–Kier alpha value is -1.10. The highest BCUT2D eigenvalue weighted by molar-refractivity contribution is 7.14. The molecule has 0 atom stereocenters. The smallest absolute Gasteiger partial charge is 0.223 e. The molecule has 1 amide bonds. The summed E-state index contributed by atoms with van der Waals surface area (Å²) in [6.07, 6.45) is 0.512. The third-order valence-electron chi connectivity index (χ3n) is 0.674. The van der Waals surface area contributed by atoms with E-state index in [1.165, 1.54) is 16.7 Å². The van der Waals surface area contributed by atoms with Gasteiger partial charge < -0.3 is 10.4 Å². The van der Waals surface area contributed by atoms with Crippen LogP contribution < -0.4 is 5.32 Å². The summed E-state index contributed by atoms with van der Waals surface area (Å²) in [7, 11) is 0. The molecule has 0 unspecified atom stereocenters. The van der Waals surface area contributed by atoms with Gasteiger partial charge >= 0.3 is 0 Å². The highest BCUT2D eigenvalue weighted by Crippen LogP contribution is 2.18. The molecule has 48 valence electrons. The van der Waals surface area contributed by atoms with E-state index in [0.29, 0.717) is 11.5 Å². The first-order valence-corrected chi connectivity index (χ1v) is 3.05. The molecule has 1 rings (SSSR count). The molecule has 9 heavy (non-hydrogen) atoms. The van der Waals surface area contributed by atoms with Crippen LogP contribution in [-0.2, 0) is 4.79 Å². The van der Waals surface area contributed by atoms with E-state index < -0.39 is 0 Å². The van der Waals surface area contributed by atoms with Crippen molar-refractivity contribution in [2.75, 3.05) is 5.32 Å². The first-order valence-electron chi connectivity index (χ1n) is 2.17. The van der Waals surface area contributed by atoms with Crippen molar-refractivity contribution in [3.05, 3.63) is 5.38 Å². The van der Waals surface area contributed by atoms with Crippen molar-refractivity contribution in [1.82, 2.24) is 4.98 Å². The molecule has 0 fully saturated rings. The van der Waals surface area contributed by atoms with Crippen molar-refractivity contribution >= 4 is 22.9 Å². The van der Waals surface area contributed by atoms with E-state index in [-0.39, 0.29) is 5.88 Å². The van der Waals surface area contributed by atoms with Crippen LogP contribution in [0.2, 0.25) is 0 Å². The van der Waals surface area contributed by atoms with Gasteiger partial charge in [0.1, 0.15) is 0 Å². The molecule has 0 radical (unpaired) electrons. The summed E-state index contributed by atoms with van der Waals surface area (Å²) in [4.78, 5) is 13.3. The number of rotatable bonds is 2. The van der Waals surface area contributed by atoms with Crippen molar-refractivity contribution in [3.63, 3.8) is 0 Å². The molecule has 5 heteroatoms. The fraction of sp³-hybridized carbons (Fsp3) is 0. The molecule has 0 aromatic carbocycles. The van der Waals surface area contributed by atoms with Crippen molar-refractivity contribution in [3.8, 4) is 5.88 Å². The molecule has 0 aliphatic carbocycles. The van der Waals surface area contributed by atoms with Gasteiger partial charge in [-0.2, -0.15) is 4.98 Å². The molecule has 1 aromatic heterocycles. The van der Waals surface area contributed by atoms with Crippen LogP contribution in [0.25, 0.3) is 0 Å². The summed E-state index contributed by atoms with van der Waals surface area (Å²) in [6.45, 7) is 0. The average Bonchev–Trinajstić information content (AvgIpc) is 2.17. The summed E-state index contributed by atoms with van der Waals surface area (Å²) in [5.74, 6) is -0.0654. The van der Waals surface area contributed by atoms with E-state index >= 15 is 0 Å². The predicted molar refractivity (Wildman–Crippen MR) is 33.5 cm³/mol. The SMILES string of the molecule is O=CNc1nc(O)cs1. The van der Waals surface area contributed by atoms with Gasteiger partial charge in [-0.25, -0.2) is 0 Å². The van der Waals surface area contributed by atoms with Crippen LogP contribution >= 0.6 is 11.3 Å². The van der Waals surface area contributed by atoms with Crippen molar-refractivity contribution in [1.29, 1.82) is 0 Å². The lowest BCUT2D eigenvalue weighted by atomic mass is 10.9. The van der Waals surface area contributed by atoms with E-state index in [0.717, 1.165) is 0 Å². The van der Waals surface area contributed by atoms with Crippen LogP contribution in [0.4, 0.5) is 5.13 Å². The van der Waals surface area contributed by atoms with Crippen LogP contribution in [0.1, 0.15) is 0 Å². The Bertz CT molecular complexity index is 210. The Labute approximate surface area is 55.2 Å². The number of nitrogens with one attached hydrogen (secondary N) is 1. The van der Waals surface area contributed by atoms with E-state index in [9.17, 15) is 4.79 Å². The zero-order valence-corrected chi connectivity index (χ0v) is 5.18. The fourth-order valence-corrected chi connectivity index (χ4v) is 0.914. The number of anilines is 1. The number of nitrogens with zero attached hydrogens (tertiary/aromatic N) is 1. The minimum Gasteiger partial charge on any atom is -0.493 e. The quantitative estimate of drug-likeness (QED) is 0.591. The van der Waals surface area contributed by atoms with E-state index in [1.54, 1.807) is 0 Å². The number of aromatic hydroxyl groups is 1. The van der Waals surface area contributed by atoms with Crippen LogP contribution in [0.15, 0.2) is 5.38 Å². The van der Waals surface area contributed by atoms with Crippen molar-refractivity contribution in [2.45, 2.75) is 0 Å². The van der Waals surface area contributed by atoms with Gasteiger partial charge in [-0.3, -0.25) is 4.79 Å². The zero-order valence-electron chi connectivity index (χ0n) is 4.37. The minimum absolute atomic E-state index is 0.0654. The average molecular weight is 144 g/mol. The molecular weight excluding hydrogens is 140 g/mol. The molecule has 0 bridgehead atoms. The number of hydrogen-bond donors (Lipinski definition) is 2. The third kappa shape index (κ3) is 1.39. The molecule has 0 aliphatic rings. The highest BCUT2D eigenvalue weighted by atomic mass is 32.1. The lowest BCUT2D eigenvalue weighted by Gasteiger charge is -1.83. The lowest BCUT2D eigenvalue weighted by Crippen LogP contribution is -1.91. The maximum atomic E-state index is 9.76. The van der Waals surface area contributed by atoms with E-state index in [1.807, 2.05) is 0 Å². The van der Waals surface area contributed by atoms with Crippen molar-refractivity contribution < 1.29 is 9.90 Å². The molecule has 1 heterocycles. The predicted octanol–water partition coefficient (Wildman–Crippen LogP) is 0.417. The largest absolute Gasteiger partial charge is 0.493 e. The van der Waals surface area contributed by atoms with Crippen LogP contribution in [-0.4, -0.2) is 16.5 Å². The summed E-state index contributed by atoms with van der Waals surface area (Å²) < 4.78 is 0. The van der Waals surface area contributed by atoms with Gasteiger partial charge in [0.15, 0.2) is 5.13 Å². The Kier molecular flexibility index (Phi) is 1.64. The summed E-state index contributed by atoms with van der Waals surface area (Å²) in [5, 5.41) is 12.8. The zero-order chi connectivity index (χ0) is 6.69. The van der Waals surface area contributed by atoms with Crippen LogP contribution in [0.3, 0.4) is 0 Å². The molecule has 0 aliphatic heterocycles. The summed E-state index contributed by atoms with van der Waals surface area (Å²) in [6, 6.07) is 0. The van der Waals surface area contributed by atoms with Gasteiger partial charge in [-0.1, -0.05) is 0 Å². The second kappa shape index (κ2) is 2.45. The van der Waals surface area contributed by atoms with Gasteiger partial charge in [0.25, 0.3) is 0 Å². The minimum atomic E-state index is -0.0654. The molecule has 0 spiro atoms. The first kappa shape index (κ1) is 6.03. The van der Waals surface area contributed by atoms with Crippen LogP contribution in [0, 0.1) is 0 Å². The van der Waals surface area contributed by atoms with Gasteiger partial charge in [0, 0.05) is 0 Å². The Morgan fingerprint density at radius 1 is 1.89 bits per heavy atom. The Morgan fingerprint density at radius 2 is 2.67 bits per heavy atom. The molecule has 1 aromatic rings. The molecular formula is C4H4N2O2S. The lowest BCUT2D eigenvalue weighted by molar-refractivity contribution is -0.105. The molecule has 0 saturated heterocycles. The number of amides is 1. The van der Waals surface area contributed by atoms with Crippen molar-refractivity contribution in [2.24, 2.45) is 0 Å². The second-order valence-electron chi connectivity index (χ2n) is 1.27. The maximum Gasteiger partial charge on any atom is 0.223 e. The van der Waals surface area contributed by atoms with Gasteiger partial charge in [-0.15, -0.1) is 11.3 Å².